The Balaban J connectivity index is 1.78. The van der Waals surface area contributed by atoms with Crippen molar-refractivity contribution in [3.8, 4) is 0 Å². The van der Waals surface area contributed by atoms with Gasteiger partial charge in [0.15, 0.2) is 0 Å². The summed E-state index contributed by atoms with van der Waals surface area (Å²) < 4.78 is 5.49. The Hall–Kier alpha value is -1.79. The van der Waals surface area contributed by atoms with E-state index in [2.05, 4.69) is 27.7 Å². The molecule has 2 N–H and O–H groups in total. The largest absolute Gasteiger partial charge is 0.379 e. The van der Waals surface area contributed by atoms with Crippen molar-refractivity contribution in [2.45, 2.75) is 26.3 Å². The van der Waals surface area contributed by atoms with Crippen molar-refractivity contribution in [2.75, 3.05) is 38.2 Å². The molecule has 1 aliphatic rings. The minimum atomic E-state index is 0.0604. The van der Waals surface area contributed by atoms with Gasteiger partial charge in [-0.05, 0) is 36.2 Å². The zero-order valence-electron chi connectivity index (χ0n) is 16.8. The molecule has 3 rings (SSSR count). The second-order valence-electron chi connectivity index (χ2n) is 7.12. The van der Waals surface area contributed by atoms with Crippen molar-refractivity contribution in [3.05, 3.63) is 57.6 Å². The van der Waals surface area contributed by atoms with Gasteiger partial charge >= 0.3 is 0 Å². The molecule has 0 radical (unpaired) electrons. The molecule has 7 heteroatoms. The Morgan fingerprint density at radius 1 is 1.14 bits per heavy atom. The van der Waals surface area contributed by atoms with E-state index in [-0.39, 0.29) is 11.9 Å². The summed E-state index contributed by atoms with van der Waals surface area (Å²) in [5.74, 6) is 0.0604. The van der Waals surface area contributed by atoms with Crippen molar-refractivity contribution in [1.29, 1.82) is 0 Å². The molecule has 1 heterocycles. The molecule has 0 aliphatic carbocycles. The Kier molecular flexibility index (Phi) is 7.78. The third kappa shape index (κ3) is 5.64. The third-order valence-electron chi connectivity index (χ3n) is 5.15. The van der Waals surface area contributed by atoms with Crippen LogP contribution < -0.4 is 10.6 Å². The van der Waals surface area contributed by atoms with Crippen molar-refractivity contribution < 1.29 is 9.53 Å². The quantitative estimate of drug-likeness (QED) is 0.645. The fourth-order valence-corrected chi connectivity index (χ4v) is 3.85. The first-order valence-electron chi connectivity index (χ1n) is 9.89. The molecule has 5 nitrogen and oxygen atoms in total. The summed E-state index contributed by atoms with van der Waals surface area (Å²) in [5.41, 5.74) is 3.73. The smallest absolute Gasteiger partial charge is 0.219 e. The predicted molar refractivity (Wildman–Crippen MR) is 119 cm³/mol. The van der Waals surface area contributed by atoms with E-state index in [9.17, 15) is 4.79 Å². The lowest BCUT2D eigenvalue weighted by molar-refractivity contribution is -0.121. The van der Waals surface area contributed by atoms with Crippen molar-refractivity contribution in [1.82, 2.24) is 10.2 Å². The highest BCUT2D eigenvalue weighted by Gasteiger charge is 2.23. The first-order valence-corrected chi connectivity index (χ1v) is 10.6. The van der Waals surface area contributed by atoms with Gasteiger partial charge in [0.05, 0.1) is 35.0 Å². The molecule has 2 aromatic carbocycles. The maximum atomic E-state index is 11.8. The van der Waals surface area contributed by atoms with Crippen LogP contribution in [0, 0.1) is 6.92 Å². The molecule has 0 spiro atoms. The number of anilines is 2. The zero-order valence-corrected chi connectivity index (χ0v) is 18.3. The van der Waals surface area contributed by atoms with Gasteiger partial charge in [-0.1, -0.05) is 48.3 Å². The van der Waals surface area contributed by atoms with E-state index in [1.165, 1.54) is 0 Å². The highest BCUT2D eigenvalue weighted by atomic mass is 35.5. The number of benzene rings is 2. The van der Waals surface area contributed by atoms with E-state index in [0.717, 1.165) is 29.9 Å². The number of halogens is 2. The topological polar surface area (TPSA) is 53.6 Å². The molecule has 0 saturated carbocycles. The molecule has 1 unspecified atom stereocenters. The molecular formula is C22H27Cl2N3O2. The second kappa shape index (κ2) is 10.3. The molecule has 1 atom stereocenters. The Labute approximate surface area is 182 Å². The van der Waals surface area contributed by atoms with Gasteiger partial charge in [0, 0.05) is 31.7 Å². The van der Waals surface area contributed by atoms with Crippen LogP contribution in [0.2, 0.25) is 10.0 Å². The fourth-order valence-electron chi connectivity index (χ4n) is 3.39. The van der Waals surface area contributed by atoms with E-state index in [4.69, 9.17) is 27.9 Å². The zero-order chi connectivity index (χ0) is 20.8. The predicted octanol–water partition coefficient (Wildman–Crippen LogP) is 4.94. The third-order valence-corrected chi connectivity index (χ3v) is 5.95. The molecule has 2 aromatic rings. The van der Waals surface area contributed by atoms with Crippen LogP contribution in [0.5, 0.6) is 0 Å². The molecule has 1 amide bonds. The van der Waals surface area contributed by atoms with Gasteiger partial charge < -0.3 is 15.4 Å². The molecule has 1 fully saturated rings. The number of nitrogens with zero attached hydrogens (tertiary/aromatic N) is 1. The number of hydrogen-bond acceptors (Lipinski definition) is 4. The van der Waals surface area contributed by atoms with Gasteiger partial charge in [-0.25, -0.2) is 0 Å². The Morgan fingerprint density at radius 2 is 1.83 bits per heavy atom. The lowest BCUT2D eigenvalue weighted by Crippen LogP contribution is -2.43. The first kappa shape index (κ1) is 21.9. The molecular weight excluding hydrogens is 409 g/mol. The van der Waals surface area contributed by atoms with Crippen LogP contribution in [0.4, 0.5) is 11.4 Å². The van der Waals surface area contributed by atoms with Crippen LogP contribution in [-0.2, 0) is 9.53 Å². The SMILES string of the molecule is CCC(=O)NCC(c1ccc(Nc2c(Cl)ccc(C)c2Cl)cc1)N1CCOCC1. The average Bonchev–Trinajstić information content (AvgIpc) is 2.75. The summed E-state index contributed by atoms with van der Waals surface area (Å²) in [6.07, 6.45) is 0.483. The summed E-state index contributed by atoms with van der Waals surface area (Å²) in [6, 6.07) is 12.0. The minimum Gasteiger partial charge on any atom is -0.379 e. The molecule has 29 heavy (non-hydrogen) atoms. The number of morpholine rings is 1. The van der Waals surface area contributed by atoms with Crippen LogP contribution in [-0.4, -0.2) is 43.7 Å². The van der Waals surface area contributed by atoms with Crippen LogP contribution in [0.3, 0.4) is 0 Å². The number of amides is 1. The van der Waals surface area contributed by atoms with Crippen molar-refractivity contribution in [2.24, 2.45) is 0 Å². The molecule has 1 aliphatic heterocycles. The van der Waals surface area contributed by atoms with Gasteiger partial charge in [-0.2, -0.15) is 0 Å². The Bertz CT molecular complexity index is 837. The van der Waals surface area contributed by atoms with Crippen molar-refractivity contribution >= 4 is 40.5 Å². The summed E-state index contributed by atoms with van der Waals surface area (Å²) in [6.45, 7) is 7.51. The fraction of sp³-hybridized carbons (Fsp3) is 0.409. The van der Waals surface area contributed by atoms with E-state index in [1.54, 1.807) is 0 Å². The lowest BCUT2D eigenvalue weighted by Gasteiger charge is -2.35. The van der Waals surface area contributed by atoms with Crippen LogP contribution in [0.1, 0.15) is 30.5 Å². The van der Waals surface area contributed by atoms with E-state index in [0.29, 0.717) is 41.9 Å². The summed E-state index contributed by atoms with van der Waals surface area (Å²) in [4.78, 5) is 14.1. The lowest BCUT2D eigenvalue weighted by atomic mass is 10.0. The second-order valence-corrected chi connectivity index (χ2v) is 7.91. The standard InChI is InChI=1S/C22H27Cl2N3O2/c1-3-20(28)25-14-19(27-10-12-29-13-11-27)16-5-7-17(8-6-16)26-22-18(23)9-4-15(2)21(22)24/h4-9,19,26H,3,10-14H2,1-2H3,(H,25,28). The van der Waals surface area contributed by atoms with Crippen molar-refractivity contribution in [3.63, 3.8) is 0 Å². The molecule has 0 aromatic heterocycles. The normalized spacial score (nSPS) is 15.7. The van der Waals surface area contributed by atoms with Gasteiger partial charge in [0.2, 0.25) is 5.91 Å². The number of carbonyl (C=O) groups excluding carboxylic acids is 1. The number of carbonyl (C=O) groups is 1. The van der Waals surface area contributed by atoms with E-state index >= 15 is 0 Å². The maximum Gasteiger partial charge on any atom is 0.219 e. The number of hydrogen-bond donors (Lipinski definition) is 2. The highest BCUT2D eigenvalue weighted by Crippen LogP contribution is 2.35. The van der Waals surface area contributed by atoms with Gasteiger partial charge in [0.25, 0.3) is 0 Å². The molecule has 0 bridgehead atoms. The number of rotatable bonds is 7. The number of nitrogens with one attached hydrogen (secondary N) is 2. The minimum absolute atomic E-state index is 0.0604. The monoisotopic (exact) mass is 435 g/mol. The van der Waals surface area contributed by atoms with Gasteiger partial charge in [0.1, 0.15) is 0 Å². The van der Waals surface area contributed by atoms with Crippen LogP contribution in [0.15, 0.2) is 36.4 Å². The first-order chi connectivity index (χ1) is 14.0. The van der Waals surface area contributed by atoms with E-state index < -0.39 is 0 Å². The summed E-state index contributed by atoms with van der Waals surface area (Å²) >= 11 is 12.7. The molecule has 1 saturated heterocycles. The maximum absolute atomic E-state index is 11.8. The van der Waals surface area contributed by atoms with E-state index in [1.807, 2.05) is 38.1 Å². The summed E-state index contributed by atoms with van der Waals surface area (Å²) in [5, 5.41) is 7.55. The van der Waals surface area contributed by atoms with Crippen LogP contribution >= 0.6 is 23.2 Å². The highest BCUT2D eigenvalue weighted by molar-refractivity contribution is 6.39. The van der Waals surface area contributed by atoms with Crippen LogP contribution in [0.25, 0.3) is 0 Å². The van der Waals surface area contributed by atoms with Gasteiger partial charge in [-0.15, -0.1) is 0 Å². The Morgan fingerprint density at radius 3 is 2.48 bits per heavy atom. The average molecular weight is 436 g/mol. The molecule has 156 valence electrons. The van der Waals surface area contributed by atoms with Gasteiger partial charge in [-0.3, -0.25) is 9.69 Å². The number of aryl methyl sites for hydroxylation is 1. The summed E-state index contributed by atoms with van der Waals surface area (Å²) in [7, 11) is 0. The number of ether oxygens (including phenoxy) is 1.